The highest BCUT2D eigenvalue weighted by atomic mass is 32.1. The maximum Gasteiger partial charge on any atom is 0.249 e. The van der Waals surface area contributed by atoms with Gasteiger partial charge in [-0.3, -0.25) is 4.79 Å². The number of aromatic nitrogens is 1. The van der Waals surface area contributed by atoms with Gasteiger partial charge in [0.1, 0.15) is 18.2 Å². The Morgan fingerprint density at radius 3 is 2.52 bits per heavy atom. The van der Waals surface area contributed by atoms with E-state index in [1.165, 1.54) is 18.4 Å². The highest BCUT2D eigenvalue weighted by molar-refractivity contribution is 7.09. The van der Waals surface area contributed by atoms with Crippen molar-refractivity contribution >= 4 is 17.2 Å². The van der Waals surface area contributed by atoms with Crippen LogP contribution in [0.3, 0.4) is 0 Å². The van der Waals surface area contributed by atoms with Crippen LogP contribution in [0.25, 0.3) is 0 Å². The van der Waals surface area contributed by atoms with Crippen molar-refractivity contribution < 1.29 is 23.7 Å². The Hall–Kier alpha value is -2.32. The number of methoxy groups -OCH3 is 3. The lowest BCUT2D eigenvalue weighted by Crippen LogP contribution is -2.35. The summed E-state index contributed by atoms with van der Waals surface area (Å²) in [6, 6.07) is 5.79. The lowest BCUT2D eigenvalue weighted by atomic mass is 10.3. The molecule has 0 radical (unpaired) electrons. The summed E-state index contributed by atoms with van der Waals surface area (Å²) in [5.74, 6) is 1.77. The van der Waals surface area contributed by atoms with Gasteiger partial charge in [-0.05, 0) is 25.0 Å². The second-order valence-electron chi connectivity index (χ2n) is 6.20. The average molecular weight is 392 g/mol. The third kappa shape index (κ3) is 4.90. The molecule has 0 spiro atoms. The standard InChI is InChI=1S/C19H24N2O5S/c1-23-11-18(22)21(14-7-8-14)9-13-12-27-17(20-13)10-26-19-15(24-2)5-4-6-16(19)25-3/h4-6,12,14H,7-11H2,1-3H3. The summed E-state index contributed by atoms with van der Waals surface area (Å²) in [7, 11) is 4.71. The van der Waals surface area contributed by atoms with Gasteiger partial charge in [0.05, 0.1) is 26.5 Å². The van der Waals surface area contributed by atoms with E-state index in [1.807, 2.05) is 28.5 Å². The summed E-state index contributed by atoms with van der Waals surface area (Å²) >= 11 is 1.51. The molecule has 1 aromatic carbocycles. The first-order chi connectivity index (χ1) is 13.2. The highest BCUT2D eigenvalue weighted by Crippen LogP contribution is 2.37. The fourth-order valence-corrected chi connectivity index (χ4v) is 3.47. The normalized spacial score (nSPS) is 13.3. The zero-order valence-corrected chi connectivity index (χ0v) is 16.6. The molecule has 1 aliphatic rings. The fraction of sp³-hybridized carbons (Fsp3) is 0.474. The number of benzene rings is 1. The lowest BCUT2D eigenvalue weighted by Gasteiger charge is -2.20. The first-order valence-corrected chi connectivity index (χ1v) is 9.59. The Balaban J connectivity index is 1.64. The van der Waals surface area contributed by atoms with E-state index < -0.39 is 0 Å². The molecule has 27 heavy (non-hydrogen) atoms. The van der Waals surface area contributed by atoms with Gasteiger partial charge in [-0.15, -0.1) is 11.3 Å². The van der Waals surface area contributed by atoms with Crippen molar-refractivity contribution in [1.82, 2.24) is 9.88 Å². The van der Waals surface area contributed by atoms with Gasteiger partial charge in [-0.2, -0.15) is 0 Å². The van der Waals surface area contributed by atoms with Gasteiger partial charge in [-0.1, -0.05) is 6.07 Å². The summed E-state index contributed by atoms with van der Waals surface area (Å²) < 4.78 is 21.6. The van der Waals surface area contributed by atoms with E-state index >= 15 is 0 Å². The van der Waals surface area contributed by atoms with Crippen LogP contribution in [0.1, 0.15) is 23.5 Å². The Labute approximate surface area is 162 Å². The quantitative estimate of drug-likeness (QED) is 0.619. The van der Waals surface area contributed by atoms with Gasteiger partial charge in [0.2, 0.25) is 11.7 Å². The largest absolute Gasteiger partial charge is 0.493 e. The smallest absolute Gasteiger partial charge is 0.249 e. The van der Waals surface area contributed by atoms with Crippen molar-refractivity contribution in [3.8, 4) is 17.2 Å². The van der Waals surface area contributed by atoms with Gasteiger partial charge in [0, 0.05) is 18.5 Å². The van der Waals surface area contributed by atoms with E-state index in [-0.39, 0.29) is 12.5 Å². The molecule has 1 heterocycles. The molecule has 1 aromatic heterocycles. The van der Waals surface area contributed by atoms with Crippen LogP contribution in [-0.2, 0) is 22.7 Å². The number of amides is 1. The SMILES string of the molecule is COCC(=O)N(Cc1csc(COc2c(OC)cccc2OC)n1)C1CC1. The van der Waals surface area contributed by atoms with Gasteiger partial charge < -0.3 is 23.8 Å². The van der Waals surface area contributed by atoms with E-state index in [2.05, 4.69) is 4.98 Å². The molecule has 1 fully saturated rings. The van der Waals surface area contributed by atoms with E-state index in [9.17, 15) is 4.79 Å². The number of carbonyl (C=O) groups is 1. The summed E-state index contributed by atoms with van der Waals surface area (Å²) in [5, 5.41) is 2.79. The van der Waals surface area contributed by atoms with Crippen LogP contribution in [0, 0.1) is 0 Å². The van der Waals surface area contributed by atoms with Gasteiger partial charge in [0.15, 0.2) is 11.5 Å². The minimum atomic E-state index is 0.00422. The molecule has 2 aromatic rings. The molecule has 0 atom stereocenters. The van der Waals surface area contributed by atoms with Crippen molar-refractivity contribution in [1.29, 1.82) is 0 Å². The van der Waals surface area contributed by atoms with Crippen LogP contribution in [0.15, 0.2) is 23.6 Å². The second kappa shape index (κ2) is 9.05. The maximum atomic E-state index is 12.2. The van der Waals surface area contributed by atoms with Crippen LogP contribution >= 0.6 is 11.3 Å². The Kier molecular flexibility index (Phi) is 6.52. The predicted octanol–water partition coefficient (Wildman–Crippen LogP) is 2.88. The predicted molar refractivity (Wildman–Crippen MR) is 101 cm³/mol. The number of rotatable bonds is 10. The van der Waals surface area contributed by atoms with Crippen molar-refractivity contribution in [3.63, 3.8) is 0 Å². The van der Waals surface area contributed by atoms with Crippen LogP contribution < -0.4 is 14.2 Å². The summed E-state index contributed by atoms with van der Waals surface area (Å²) in [6.07, 6.45) is 2.09. The van der Waals surface area contributed by atoms with Crippen LogP contribution in [-0.4, -0.2) is 49.8 Å². The molecule has 1 amide bonds. The topological polar surface area (TPSA) is 70.1 Å². The zero-order valence-electron chi connectivity index (χ0n) is 15.8. The van der Waals surface area contributed by atoms with Crippen LogP contribution in [0.2, 0.25) is 0 Å². The monoisotopic (exact) mass is 392 g/mol. The second-order valence-corrected chi connectivity index (χ2v) is 7.14. The number of hydrogen-bond acceptors (Lipinski definition) is 7. The van der Waals surface area contributed by atoms with E-state index in [4.69, 9.17) is 18.9 Å². The molecule has 0 N–H and O–H groups in total. The van der Waals surface area contributed by atoms with Crippen molar-refractivity contribution in [2.24, 2.45) is 0 Å². The van der Waals surface area contributed by atoms with E-state index in [0.717, 1.165) is 23.5 Å². The minimum absolute atomic E-state index is 0.00422. The van der Waals surface area contributed by atoms with Crippen molar-refractivity contribution in [2.75, 3.05) is 27.9 Å². The number of carbonyl (C=O) groups excluding carboxylic acids is 1. The zero-order chi connectivity index (χ0) is 19.2. The number of hydrogen-bond donors (Lipinski definition) is 0. The molecule has 0 bridgehead atoms. The summed E-state index contributed by atoms with van der Waals surface area (Å²) in [5.41, 5.74) is 0.863. The molecular weight excluding hydrogens is 368 g/mol. The third-order valence-electron chi connectivity index (χ3n) is 4.23. The molecule has 146 valence electrons. The molecule has 0 unspecified atom stereocenters. The molecule has 7 nitrogen and oxygen atoms in total. The number of ether oxygens (including phenoxy) is 4. The van der Waals surface area contributed by atoms with Crippen LogP contribution in [0.5, 0.6) is 17.2 Å². The molecule has 1 aliphatic carbocycles. The Morgan fingerprint density at radius 2 is 1.93 bits per heavy atom. The molecular formula is C19H24N2O5S. The summed E-state index contributed by atoms with van der Waals surface area (Å²) in [6.45, 7) is 0.905. The van der Waals surface area contributed by atoms with Crippen LogP contribution in [0.4, 0.5) is 0 Å². The summed E-state index contributed by atoms with van der Waals surface area (Å²) in [4.78, 5) is 18.7. The number of thiazole rings is 1. The molecule has 3 rings (SSSR count). The first-order valence-electron chi connectivity index (χ1n) is 8.71. The molecule has 0 saturated heterocycles. The lowest BCUT2D eigenvalue weighted by molar-refractivity contribution is -0.136. The van der Waals surface area contributed by atoms with Gasteiger partial charge >= 0.3 is 0 Å². The van der Waals surface area contributed by atoms with Crippen molar-refractivity contribution in [2.45, 2.75) is 32.0 Å². The Bertz CT molecular complexity index is 753. The molecule has 1 saturated carbocycles. The highest BCUT2D eigenvalue weighted by Gasteiger charge is 2.32. The van der Waals surface area contributed by atoms with E-state index in [0.29, 0.717) is 36.4 Å². The minimum Gasteiger partial charge on any atom is -0.493 e. The first kappa shape index (κ1) is 19.4. The molecule has 8 heteroatoms. The van der Waals surface area contributed by atoms with Gasteiger partial charge in [0.25, 0.3) is 0 Å². The Morgan fingerprint density at radius 1 is 1.22 bits per heavy atom. The third-order valence-corrected chi connectivity index (χ3v) is 5.10. The molecule has 0 aliphatic heterocycles. The van der Waals surface area contributed by atoms with Crippen molar-refractivity contribution in [3.05, 3.63) is 34.3 Å². The van der Waals surface area contributed by atoms with Gasteiger partial charge in [-0.25, -0.2) is 4.98 Å². The number of para-hydroxylation sites is 1. The fourth-order valence-electron chi connectivity index (χ4n) is 2.77. The average Bonchev–Trinajstić information content (AvgIpc) is 3.43. The maximum absolute atomic E-state index is 12.2. The van der Waals surface area contributed by atoms with E-state index in [1.54, 1.807) is 14.2 Å². The number of nitrogens with zero attached hydrogens (tertiary/aromatic N) is 2.